The van der Waals surface area contributed by atoms with Gasteiger partial charge < -0.3 is 14.6 Å². The summed E-state index contributed by atoms with van der Waals surface area (Å²) in [6, 6.07) is 20.2. The average molecular weight is 486 g/mol. The molecule has 1 N–H and O–H groups in total. The zero-order valence-corrected chi connectivity index (χ0v) is 20.2. The minimum atomic E-state index is -0.384. The van der Waals surface area contributed by atoms with Gasteiger partial charge in [0.1, 0.15) is 12.3 Å². The van der Waals surface area contributed by atoms with Gasteiger partial charge in [-0.3, -0.25) is 9.69 Å². The third-order valence-electron chi connectivity index (χ3n) is 6.17. The Bertz CT molecular complexity index is 1490. The fourth-order valence-electron chi connectivity index (χ4n) is 4.18. The number of carbonyl (C=O) groups is 1. The van der Waals surface area contributed by atoms with Gasteiger partial charge in [0.2, 0.25) is 0 Å². The number of anilines is 1. The molecule has 1 aromatic heterocycles. The number of thiocarbonyl (C=S) groups is 1. The molecule has 4 aromatic rings. The first-order chi connectivity index (χ1) is 16.9. The van der Waals surface area contributed by atoms with Gasteiger partial charge in [-0.2, -0.15) is 0 Å². The Balaban J connectivity index is 1.41. The van der Waals surface area contributed by atoms with Crippen molar-refractivity contribution in [3.63, 3.8) is 0 Å². The van der Waals surface area contributed by atoms with Gasteiger partial charge in [0, 0.05) is 22.7 Å². The van der Waals surface area contributed by atoms with Crippen LogP contribution in [0.3, 0.4) is 0 Å². The normalized spacial score (nSPS) is 14.7. The highest BCUT2D eigenvalue weighted by molar-refractivity contribution is 7.80. The van der Waals surface area contributed by atoms with E-state index in [-0.39, 0.29) is 17.5 Å². The van der Waals surface area contributed by atoms with Crippen molar-refractivity contribution in [1.29, 1.82) is 0 Å². The SMILES string of the molecule is Cc1ccc(N2C(=O)/C(=C/c3cn(CCOc4ccccc4F)c4ccccc34)NC2=S)cc1C. The van der Waals surface area contributed by atoms with Gasteiger partial charge in [-0.25, -0.2) is 4.39 Å². The van der Waals surface area contributed by atoms with Crippen molar-refractivity contribution in [3.05, 3.63) is 101 Å². The molecule has 0 radical (unpaired) electrons. The summed E-state index contributed by atoms with van der Waals surface area (Å²) in [6.07, 6.45) is 3.80. The maximum atomic E-state index is 13.9. The number of hydrogen-bond donors (Lipinski definition) is 1. The molecule has 3 aromatic carbocycles. The number of benzene rings is 3. The first kappa shape index (κ1) is 22.8. The highest BCUT2D eigenvalue weighted by Crippen LogP contribution is 2.28. The van der Waals surface area contributed by atoms with Crippen molar-refractivity contribution < 1.29 is 13.9 Å². The van der Waals surface area contributed by atoms with Crippen molar-refractivity contribution in [3.8, 4) is 5.75 Å². The summed E-state index contributed by atoms with van der Waals surface area (Å²) in [4.78, 5) is 14.8. The van der Waals surface area contributed by atoms with Gasteiger partial charge in [-0.15, -0.1) is 0 Å². The van der Waals surface area contributed by atoms with Crippen LogP contribution in [0.4, 0.5) is 10.1 Å². The number of hydrogen-bond acceptors (Lipinski definition) is 3. The van der Waals surface area contributed by atoms with Crippen molar-refractivity contribution in [2.24, 2.45) is 0 Å². The molecule has 1 amide bonds. The van der Waals surface area contributed by atoms with Crippen LogP contribution < -0.4 is 15.0 Å². The van der Waals surface area contributed by atoms with E-state index in [1.807, 2.05) is 73.2 Å². The van der Waals surface area contributed by atoms with E-state index in [4.69, 9.17) is 17.0 Å². The quantitative estimate of drug-likeness (QED) is 0.280. The van der Waals surface area contributed by atoms with Crippen LogP contribution in [0.5, 0.6) is 5.75 Å². The zero-order valence-electron chi connectivity index (χ0n) is 19.4. The van der Waals surface area contributed by atoms with Crippen LogP contribution in [-0.4, -0.2) is 22.2 Å². The van der Waals surface area contributed by atoms with Crippen LogP contribution >= 0.6 is 12.2 Å². The van der Waals surface area contributed by atoms with E-state index in [0.717, 1.165) is 33.3 Å². The van der Waals surface area contributed by atoms with Crippen LogP contribution in [0, 0.1) is 19.7 Å². The van der Waals surface area contributed by atoms with Crippen LogP contribution in [0.25, 0.3) is 17.0 Å². The lowest BCUT2D eigenvalue weighted by Gasteiger charge is -2.15. The number of ether oxygens (including phenoxy) is 1. The van der Waals surface area contributed by atoms with Gasteiger partial charge in [0.15, 0.2) is 16.7 Å². The Labute approximate surface area is 208 Å². The molecule has 2 heterocycles. The number of nitrogens with zero attached hydrogens (tertiary/aromatic N) is 2. The number of rotatable bonds is 6. The number of amides is 1. The van der Waals surface area contributed by atoms with E-state index in [9.17, 15) is 9.18 Å². The maximum absolute atomic E-state index is 13.9. The molecule has 1 fully saturated rings. The Hall–Kier alpha value is -3.97. The van der Waals surface area contributed by atoms with Crippen LogP contribution in [0.1, 0.15) is 16.7 Å². The van der Waals surface area contributed by atoms with Crippen LogP contribution in [0.2, 0.25) is 0 Å². The smallest absolute Gasteiger partial charge is 0.281 e. The first-order valence-electron chi connectivity index (χ1n) is 11.3. The molecular weight excluding hydrogens is 461 g/mol. The molecule has 5 nitrogen and oxygen atoms in total. The molecule has 176 valence electrons. The molecule has 0 spiro atoms. The van der Waals surface area contributed by atoms with Gasteiger partial charge in [0.05, 0.1) is 12.2 Å². The Kier molecular flexibility index (Phi) is 6.09. The molecule has 7 heteroatoms. The molecule has 1 saturated heterocycles. The molecule has 0 aliphatic carbocycles. The zero-order chi connectivity index (χ0) is 24.5. The number of aryl methyl sites for hydroxylation is 2. The molecule has 35 heavy (non-hydrogen) atoms. The molecular formula is C28H24FN3O2S. The van der Waals surface area contributed by atoms with E-state index in [2.05, 4.69) is 5.32 Å². The molecule has 5 rings (SSSR count). The summed E-state index contributed by atoms with van der Waals surface area (Å²) in [5.41, 5.74) is 5.28. The summed E-state index contributed by atoms with van der Waals surface area (Å²) in [7, 11) is 0. The highest BCUT2D eigenvalue weighted by Gasteiger charge is 2.32. The predicted molar refractivity (Wildman–Crippen MR) is 141 cm³/mol. The van der Waals surface area contributed by atoms with Crippen LogP contribution in [0.15, 0.2) is 78.6 Å². The number of aromatic nitrogens is 1. The van der Waals surface area contributed by atoms with Crippen molar-refractivity contribution in [2.45, 2.75) is 20.4 Å². The molecule has 1 aliphatic rings. The Morgan fingerprint density at radius 3 is 2.60 bits per heavy atom. The van der Waals surface area contributed by atoms with Crippen molar-refractivity contribution in [1.82, 2.24) is 9.88 Å². The van der Waals surface area contributed by atoms with E-state index < -0.39 is 0 Å². The third-order valence-corrected chi connectivity index (χ3v) is 6.46. The summed E-state index contributed by atoms with van der Waals surface area (Å²) in [5, 5.41) is 4.42. The lowest BCUT2D eigenvalue weighted by molar-refractivity contribution is -0.113. The summed E-state index contributed by atoms with van der Waals surface area (Å²) >= 11 is 5.49. The average Bonchev–Trinajstić information content (AvgIpc) is 3.33. The minimum absolute atomic E-state index is 0.196. The molecule has 0 saturated carbocycles. The molecule has 0 atom stereocenters. The molecule has 0 bridgehead atoms. The number of carbonyl (C=O) groups excluding carboxylic acids is 1. The van der Waals surface area contributed by atoms with Gasteiger partial charge in [-0.1, -0.05) is 36.4 Å². The molecule has 0 unspecified atom stereocenters. The topological polar surface area (TPSA) is 46.5 Å². The Morgan fingerprint density at radius 1 is 1.03 bits per heavy atom. The van der Waals surface area contributed by atoms with Crippen molar-refractivity contribution >= 4 is 45.9 Å². The number of nitrogens with one attached hydrogen (secondary N) is 1. The van der Waals surface area contributed by atoms with Gasteiger partial charge in [0.25, 0.3) is 5.91 Å². The monoisotopic (exact) mass is 485 g/mol. The maximum Gasteiger partial charge on any atom is 0.281 e. The fraction of sp³-hybridized carbons (Fsp3) is 0.143. The van der Waals surface area contributed by atoms with Crippen molar-refractivity contribution in [2.75, 3.05) is 11.5 Å². The lowest BCUT2D eigenvalue weighted by Crippen LogP contribution is -2.30. The van der Waals surface area contributed by atoms with E-state index in [0.29, 0.717) is 24.0 Å². The highest BCUT2D eigenvalue weighted by atomic mass is 32.1. The first-order valence-corrected chi connectivity index (χ1v) is 11.7. The summed E-state index contributed by atoms with van der Waals surface area (Å²) in [5.74, 6) is -0.352. The lowest BCUT2D eigenvalue weighted by atomic mass is 10.1. The summed E-state index contributed by atoms with van der Waals surface area (Å²) < 4.78 is 21.6. The van der Waals surface area contributed by atoms with Gasteiger partial charge in [-0.05, 0) is 73.6 Å². The number of halogens is 1. The second kappa shape index (κ2) is 9.35. The standard InChI is InChI=1S/C28H24FN3O2S/c1-18-11-12-21(15-19(18)2)32-27(33)24(30-28(32)35)16-20-17-31(25-9-5-3-7-22(20)25)13-14-34-26-10-6-4-8-23(26)29/h3-12,15-17H,13-14H2,1-2H3,(H,30,35)/b24-16-. The third kappa shape index (κ3) is 4.42. The minimum Gasteiger partial charge on any atom is -0.489 e. The Morgan fingerprint density at radius 2 is 1.80 bits per heavy atom. The van der Waals surface area contributed by atoms with E-state index in [1.54, 1.807) is 18.2 Å². The van der Waals surface area contributed by atoms with Gasteiger partial charge >= 0.3 is 0 Å². The van der Waals surface area contributed by atoms with E-state index in [1.165, 1.54) is 11.0 Å². The largest absolute Gasteiger partial charge is 0.489 e. The van der Waals surface area contributed by atoms with E-state index >= 15 is 0 Å². The number of para-hydroxylation sites is 2. The molecule has 1 aliphatic heterocycles. The second-order valence-electron chi connectivity index (χ2n) is 8.47. The summed E-state index contributed by atoms with van der Waals surface area (Å²) in [6.45, 7) is 4.87. The van der Waals surface area contributed by atoms with Crippen LogP contribution in [-0.2, 0) is 11.3 Å². The predicted octanol–water partition coefficient (Wildman–Crippen LogP) is 5.74. The fourth-order valence-corrected chi connectivity index (χ4v) is 4.48. The second-order valence-corrected chi connectivity index (χ2v) is 8.86. The number of fused-ring (bicyclic) bond motifs is 1.